The summed E-state index contributed by atoms with van der Waals surface area (Å²) in [7, 11) is 0. The number of hydrogen-bond donors (Lipinski definition) is 3. The second-order valence-electron chi connectivity index (χ2n) is 7.99. The highest BCUT2D eigenvalue weighted by Gasteiger charge is 2.34. The first-order valence-corrected chi connectivity index (χ1v) is 10.4. The summed E-state index contributed by atoms with van der Waals surface area (Å²) in [6.07, 6.45) is -4.67. The van der Waals surface area contributed by atoms with Crippen molar-refractivity contribution in [3.8, 4) is 0 Å². The molecule has 0 aliphatic carbocycles. The van der Waals surface area contributed by atoms with Crippen molar-refractivity contribution >= 4 is 34.0 Å². The molecule has 1 aliphatic heterocycles. The van der Waals surface area contributed by atoms with Crippen LogP contribution in [0, 0.1) is 10.1 Å². The molecule has 0 radical (unpaired) electrons. The maximum absolute atomic E-state index is 13.0. The zero-order valence-corrected chi connectivity index (χ0v) is 18.0. The van der Waals surface area contributed by atoms with Crippen LogP contribution in [0.3, 0.4) is 0 Å². The average molecular weight is 478 g/mol. The molecule has 34 heavy (non-hydrogen) atoms. The van der Waals surface area contributed by atoms with Crippen LogP contribution >= 0.6 is 0 Å². The first-order valence-electron chi connectivity index (χ1n) is 10.4. The van der Waals surface area contributed by atoms with Crippen LogP contribution in [0.15, 0.2) is 41.2 Å². The van der Waals surface area contributed by atoms with Gasteiger partial charge in [0.1, 0.15) is 5.69 Å². The van der Waals surface area contributed by atoms with Gasteiger partial charge in [-0.1, -0.05) is 0 Å². The van der Waals surface area contributed by atoms with Gasteiger partial charge in [0.05, 0.1) is 27.6 Å². The summed E-state index contributed by atoms with van der Waals surface area (Å²) in [5.41, 5.74) is -0.229. The Hall–Kier alpha value is -3.87. The molecule has 1 saturated heterocycles. The maximum Gasteiger partial charge on any atom is 0.416 e. The van der Waals surface area contributed by atoms with Crippen LogP contribution in [0.25, 0.3) is 11.0 Å². The number of carbonyl (C=O) groups excluding carboxylic acids is 1. The number of nitrogens with one attached hydrogen (secondary N) is 3. The van der Waals surface area contributed by atoms with Crippen molar-refractivity contribution < 1.29 is 22.9 Å². The van der Waals surface area contributed by atoms with E-state index in [-0.39, 0.29) is 17.3 Å². The average Bonchev–Trinajstić information content (AvgIpc) is 3.17. The molecule has 1 unspecified atom stereocenters. The molecule has 1 aromatic heterocycles. The van der Waals surface area contributed by atoms with Gasteiger partial charge in [-0.15, -0.1) is 0 Å². The molecule has 0 bridgehead atoms. The number of piperazine rings is 1. The molecule has 2 aromatic carbocycles. The van der Waals surface area contributed by atoms with Crippen LogP contribution in [0.2, 0.25) is 0 Å². The van der Waals surface area contributed by atoms with Crippen LogP contribution in [0.1, 0.15) is 12.5 Å². The third-order valence-electron chi connectivity index (χ3n) is 5.87. The molecule has 10 nitrogen and oxygen atoms in total. The Kier molecular flexibility index (Phi) is 6.04. The number of hydrogen-bond acceptors (Lipinski definition) is 6. The number of nitro benzene ring substituents is 1. The van der Waals surface area contributed by atoms with E-state index in [2.05, 4.69) is 15.3 Å². The van der Waals surface area contributed by atoms with E-state index in [1.165, 1.54) is 0 Å². The SMILES string of the molecule is CC(C(=O)Nc1ccc2[nH]c(=O)[nH]c2c1)N1CCN(c2ccc(C(F)(F)F)cc2[N+](=O)[O-])CC1. The molecule has 1 fully saturated rings. The zero-order chi connectivity index (χ0) is 24.6. The fourth-order valence-corrected chi connectivity index (χ4v) is 3.99. The second kappa shape index (κ2) is 8.82. The van der Waals surface area contributed by atoms with E-state index >= 15 is 0 Å². The number of nitro groups is 1. The van der Waals surface area contributed by atoms with Gasteiger partial charge < -0.3 is 20.2 Å². The topological polar surface area (TPSA) is 127 Å². The third kappa shape index (κ3) is 4.73. The monoisotopic (exact) mass is 478 g/mol. The van der Waals surface area contributed by atoms with Gasteiger partial charge in [0.25, 0.3) is 5.69 Å². The van der Waals surface area contributed by atoms with Gasteiger partial charge in [-0.25, -0.2) is 4.79 Å². The number of anilines is 2. The molecule has 2 heterocycles. The number of H-pyrrole nitrogens is 2. The highest BCUT2D eigenvalue weighted by atomic mass is 19.4. The fourth-order valence-electron chi connectivity index (χ4n) is 3.99. The standard InChI is InChI=1S/C21H21F3N6O4/c1-12(19(31)25-14-3-4-15-16(11-14)27-20(32)26-15)28-6-8-29(9-7-28)17-5-2-13(21(22,23)24)10-18(17)30(33)34/h2-5,10-12H,6-9H2,1H3,(H,25,31)(H2,26,27,32). The van der Waals surface area contributed by atoms with Gasteiger partial charge >= 0.3 is 11.9 Å². The van der Waals surface area contributed by atoms with Crippen LogP contribution in [0.5, 0.6) is 0 Å². The Labute approximate surface area is 190 Å². The lowest BCUT2D eigenvalue weighted by molar-refractivity contribution is -0.384. The number of fused-ring (bicyclic) bond motifs is 1. The minimum absolute atomic E-state index is 0.114. The number of nitrogens with zero attached hydrogens (tertiary/aromatic N) is 3. The predicted octanol–water partition coefficient (Wildman–Crippen LogP) is 2.93. The van der Waals surface area contributed by atoms with Gasteiger partial charge in [-0.2, -0.15) is 13.2 Å². The number of alkyl halides is 3. The largest absolute Gasteiger partial charge is 0.416 e. The molecule has 180 valence electrons. The van der Waals surface area contributed by atoms with Crippen molar-refractivity contribution in [1.29, 1.82) is 0 Å². The van der Waals surface area contributed by atoms with Gasteiger partial charge in [0.2, 0.25) is 5.91 Å². The number of rotatable bonds is 5. The molecule has 0 spiro atoms. The van der Waals surface area contributed by atoms with Crippen LogP contribution in [-0.2, 0) is 11.0 Å². The Morgan fingerprint density at radius 3 is 2.41 bits per heavy atom. The smallest absolute Gasteiger partial charge is 0.363 e. The number of imidazole rings is 1. The lowest BCUT2D eigenvalue weighted by atomic mass is 10.1. The van der Waals surface area contributed by atoms with Crippen LogP contribution < -0.4 is 15.9 Å². The summed E-state index contributed by atoms with van der Waals surface area (Å²) >= 11 is 0. The summed E-state index contributed by atoms with van der Waals surface area (Å²) in [4.78, 5) is 43.5. The van der Waals surface area contributed by atoms with Crippen molar-refractivity contribution in [2.75, 3.05) is 36.4 Å². The molecule has 1 amide bonds. The molecular weight excluding hydrogens is 457 g/mol. The van der Waals surface area contributed by atoms with Gasteiger partial charge in [-0.3, -0.25) is 19.8 Å². The number of carbonyl (C=O) groups is 1. The summed E-state index contributed by atoms with van der Waals surface area (Å²) in [6, 6.07) is 6.95. The van der Waals surface area contributed by atoms with Crippen molar-refractivity contribution in [2.24, 2.45) is 0 Å². The first-order chi connectivity index (χ1) is 16.0. The molecule has 13 heteroatoms. The fraction of sp³-hybridized carbons (Fsp3) is 0.333. The number of amides is 1. The quantitative estimate of drug-likeness (QED) is 0.382. The first kappa shape index (κ1) is 23.3. The van der Waals surface area contributed by atoms with E-state index in [1.807, 2.05) is 4.90 Å². The van der Waals surface area contributed by atoms with Crippen LogP contribution in [0.4, 0.5) is 30.2 Å². The molecule has 3 aromatic rings. The lowest BCUT2D eigenvalue weighted by Crippen LogP contribution is -2.53. The normalized spacial score (nSPS) is 15.9. The molecule has 1 aliphatic rings. The number of benzene rings is 2. The van der Waals surface area contributed by atoms with E-state index in [0.717, 1.165) is 12.1 Å². The van der Waals surface area contributed by atoms with Crippen LogP contribution in [-0.4, -0.2) is 57.9 Å². The summed E-state index contributed by atoms with van der Waals surface area (Å²) in [6.45, 7) is 3.11. The van der Waals surface area contributed by atoms with Crippen molar-refractivity contribution in [3.63, 3.8) is 0 Å². The lowest BCUT2D eigenvalue weighted by Gasteiger charge is -2.38. The van der Waals surface area contributed by atoms with Gasteiger partial charge in [0, 0.05) is 37.9 Å². The van der Waals surface area contributed by atoms with E-state index < -0.39 is 28.4 Å². The zero-order valence-electron chi connectivity index (χ0n) is 18.0. The highest BCUT2D eigenvalue weighted by Crippen LogP contribution is 2.36. The van der Waals surface area contributed by atoms with E-state index in [0.29, 0.717) is 49.0 Å². The Bertz CT molecular complexity index is 1290. The second-order valence-corrected chi connectivity index (χ2v) is 7.99. The maximum atomic E-state index is 13.0. The molecule has 0 saturated carbocycles. The molecular formula is C21H21F3N6O4. The highest BCUT2D eigenvalue weighted by molar-refractivity contribution is 5.96. The summed E-state index contributed by atoms with van der Waals surface area (Å²) in [5.74, 6) is -0.272. The van der Waals surface area contributed by atoms with Gasteiger partial charge in [-0.05, 0) is 37.3 Å². The van der Waals surface area contributed by atoms with Crippen molar-refractivity contribution in [1.82, 2.24) is 14.9 Å². The van der Waals surface area contributed by atoms with E-state index in [9.17, 15) is 32.9 Å². The molecule has 4 rings (SSSR count). The van der Waals surface area contributed by atoms with Crippen molar-refractivity contribution in [2.45, 2.75) is 19.1 Å². The van der Waals surface area contributed by atoms with E-state index in [1.54, 1.807) is 30.0 Å². The minimum atomic E-state index is -4.67. The minimum Gasteiger partial charge on any atom is -0.363 e. The number of aromatic nitrogens is 2. The molecule has 1 atom stereocenters. The Morgan fingerprint density at radius 1 is 1.09 bits per heavy atom. The third-order valence-corrected chi connectivity index (χ3v) is 5.87. The predicted molar refractivity (Wildman–Crippen MR) is 119 cm³/mol. The number of halogens is 3. The molecule has 3 N–H and O–H groups in total. The van der Waals surface area contributed by atoms with Gasteiger partial charge in [0.15, 0.2) is 0 Å². The van der Waals surface area contributed by atoms with Crippen molar-refractivity contribution in [3.05, 3.63) is 62.6 Å². The summed E-state index contributed by atoms with van der Waals surface area (Å²) in [5, 5.41) is 14.2. The Balaban J connectivity index is 1.41. The summed E-state index contributed by atoms with van der Waals surface area (Å²) < 4.78 is 38.9. The Morgan fingerprint density at radius 2 is 1.76 bits per heavy atom. The van der Waals surface area contributed by atoms with E-state index in [4.69, 9.17) is 0 Å². The number of aromatic amines is 2.